The molecule has 0 aliphatic heterocycles. The first-order valence-corrected chi connectivity index (χ1v) is 9.33. The molecule has 0 radical (unpaired) electrons. The first kappa shape index (κ1) is 21.4. The van der Waals surface area contributed by atoms with Crippen molar-refractivity contribution in [1.29, 1.82) is 0 Å². The van der Waals surface area contributed by atoms with Gasteiger partial charge >= 0.3 is 5.97 Å². The molecule has 0 aliphatic carbocycles. The number of carbonyl (C=O) groups excluding carboxylic acids is 3. The lowest BCUT2D eigenvalue weighted by molar-refractivity contribution is -0.115. The van der Waals surface area contributed by atoms with Gasteiger partial charge in [0.2, 0.25) is 11.8 Å². The molecule has 1 aromatic heterocycles. The van der Waals surface area contributed by atoms with Crippen LogP contribution in [0.4, 0.5) is 5.88 Å². The van der Waals surface area contributed by atoms with Crippen molar-refractivity contribution >= 4 is 46.9 Å². The summed E-state index contributed by atoms with van der Waals surface area (Å²) in [5.41, 5.74) is 0.509. The lowest BCUT2D eigenvalue weighted by Crippen LogP contribution is -2.33. The summed E-state index contributed by atoms with van der Waals surface area (Å²) in [5.74, 6) is -2.14. The van der Waals surface area contributed by atoms with Crippen LogP contribution in [-0.2, 0) is 9.53 Å². The number of methoxy groups -OCH3 is 1. The minimum atomic E-state index is -0.814. The molecule has 0 atom stereocenters. The molecule has 0 bridgehead atoms. The number of halogens is 2. The number of rotatable bonds is 6. The summed E-state index contributed by atoms with van der Waals surface area (Å²) in [4.78, 5) is 36.6. The van der Waals surface area contributed by atoms with Crippen LogP contribution >= 0.6 is 23.2 Å². The second-order valence-electron chi connectivity index (χ2n) is 5.92. The molecule has 1 heterocycles. The number of nitrogens with one attached hydrogen (secondary N) is 2. The van der Waals surface area contributed by atoms with Gasteiger partial charge in [0.25, 0.3) is 5.91 Å². The SMILES string of the molecule is COC(=O)c1c(-c2c(Cl)cccc2Cl)noc1NC(=O)CNC(=O)c1ccccc1. The minimum absolute atomic E-state index is 0.0149. The molecule has 0 fully saturated rings. The normalized spacial score (nSPS) is 10.4. The molecule has 0 saturated heterocycles. The molecule has 10 heteroatoms. The quantitative estimate of drug-likeness (QED) is 0.555. The Morgan fingerprint density at radius 3 is 2.33 bits per heavy atom. The Morgan fingerprint density at radius 1 is 1.03 bits per heavy atom. The van der Waals surface area contributed by atoms with E-state index in [1.54, 1.807) is 48.5 Å². The van der Waals surface area contributed by atoms with Gasteiger partial charge in [0.15, 0.2) is 5.56 Å². The van der Waals surface area contributed by atoms with E-state index in [4.69, 9.17) is 32.5 Å². The Morgan fingerprint density at radius 2 is 1.70 bits per heavy atom. The molecule has 2 N–H and O–H groups in total. The number of nitrogens with zero attached hydrogens (tertiary/aromatic N) is 1. The average molecular weight is 448 g/mol. The number of carbonyl (C=O) groups is 3. The van der Waals surface area contributed by atoms with Crippen molar-refractivity contribution in [3.8, 4) is 11.3 Å². The monoisotopic (exact) mass is 447 g/mol. The van der Waals surface area contributed by atoms with Gasteiger partial charge in [-0.3, -0.25) is 14.9 Å². The molecule has 30 heavy (non-hydrogen) atoms. The van der Waals surface area contributed by atoms with Gasteiger partial charge in [-0.25, -0.2) is 4.79 Å². The standard InChI is InChI=1S/C20H15Cl2N3O5/c1-29-20(28)16-17(15-12(21)8-5-9-13(15)22)25-30-19(16)24-14(26)10-23-18(27)11-6-3-2-4-7-11/h2-9H,10H2,1H3,(H,23,27)(H,24,26). The highest BCUT2D eigenvalue weighted by molar-refractivity contribution is 6.39. The number of esters is 1. The van der Waals surface area contributed by atoms with E-state index < -0.39 is 17.8 Å². The molecule has 2 amide bonds. The Labute approximate surface area is 181 Å². The summed E-state index contributed by atoms with van der Waals surface area (Å²) in [6.07, 6.45) is 0. The van der Waals surface area contributed by atoms with Crippen LogP contribution in [0.25, 0.3) is 11.3 Å². The van der Waals surface area contributed by atoms with E-state index in [0.717, 1.165) is 0 Å². The van der Waals surface area contributed by atoms with Gasteiger partial charge < -0.3 is 14.6 Å². The topological polar surface area (TPSA) is 111 Å². The maximum absolute atomic E-state index is 12.3. The number of hydrogen-bond donors (Lipinski definition) is 2. The fourth-order valence-corrected chi connectivity index (χ4v) is 3.16. The second kappa shape index (κ2) is 9.43. The minimum Gasteiger partial charge on any atom is -0.465 e. The van der Waals surface area contributed by atoms with Crippen molar-refractivity contribution in [2.24, 2.45) is 0 Å². The van der Waals surface area contributed by atoms with Crippen molar-refractivity contribution < 1.29 is 23.6 Å². The number of anilines is 1. The summed E-state index contributed by atoms with van der Waals surface area (Å²) >= 11 is 12.4. The fourth-order valence-electron chi connectivity index (χ4n) is 2.58. The Hall–Kier alpha value is -3.36. The molecule has 3 aromatic rings. The largest absolute Gasteiger partial charge is 0.465 e. The zero-order valence-electron chi connectivity index (χ0n) is 15.6. The van der Waals surface area contributed by atoms with Gasteiger partial charge in [-0.05, 0) is 24.3 Å². The number of aromatic nitrogens is 1. The van der Waals surface area contributed by atoms with Crippen molar-refractivity contribution in [2.75, 3.05) is 19.0 Å². The highest BCUT2D eigenvalue weighted by Gasteiger charge is 2.28. The molecule has 154 valence electrons. The smallest absolute Gasteiger partial charge is 0.345 e. The highest BCUT2D eigenvalue weighted by atomic mass is 35.5. The maximum Gasteiger partial charge on any atom is 0.345 e. The summed E-state index contributed by atoms with van der Waals surface area (Å²) in [6.45, 7) is -0.364. The van der Waals surface area contributed by atoms with Gasteiger partial charge in [0.05, 0.1) is 23.7 Å². The van der Waals surface area contributed by atoms with Crippen molar-refractivity contribution in [2.45, 2.75) is 0 Å². The first-order valence-electron chi connectivity index (χ1n) is 8.57. The maximum atomic E-state index is 12.3. The van der Waals surface area contributed by atoms with Gasteiger partial charge in [-0.1, -0.05) is 52.6 Å². The zero-order valence-corrected chi connectivity index (χ0v) is 17.1. The third-order valence-corrected chi connectivity index (χ3v) is 4.61. The average Bonchev–Trinajstić information content (AvgIpc) is 3.14. The molecule has 0 saturated carbocycles. The van der Waals surface area contributed by atoms with Crippen LogP contribution < -0.4 is 10.6 Å². The van der Waals surface area contributed by atoms with E-state index in [1.807, 2.05) is 0 Å². The van der Waals surface area contributed by atoms with Crippen LogP contribution in [0.1, 0.15) is 20.7 Å². The van der Waals surface area contributed by atoms with E-state index in [-0.39, 0.29) is 39.3 Å². The van der Waals surface area contributed by atoms with E-state index in [2.05, 4.69) is 15.8 Å². The van der Waals surface area contributed by atoms with Gasteiger partial charge in [-0.15, -0.1) is 0 Å². The Kier molecular flexibility index (Phi) is 6.71. The van der Waals surface area contributed by atoms with Gasteiger partial charge in [-0.2, -0.15) is 0 Å². The van der Waals surface area contributed by atoms with E-state index in [1.165, 1.54) is 7.11 Å². The first-order chi connectivity index (χ1) is 14.4. The third kappa shape index (κ3) is 4.61. The summed E-state index contributed by atoms with van der Waals surface area (Å²) in [6, 6.07) is 13.2. The van der Waals surface area contributed by atoms with Crippen molar-refractivity contribution in [3.05, 3.63) is 69.7 Å². The summed E-state index contributed by atoms with van der Waals surface area (Å²) in [5, 5.41) is 9.15. The van der Waals surface area contributed by atoms with Crippen LogP contribution in [0, 0.1) is 0 Å². The Balaban J connectivity index is 1.81. The highest BCUT2D eigenvalue weighted by Crippen LogP contribution is 2.38. The van der Waals surface area contributed by atoms with E-state index in [0.29, 0.717) is 5.56 Å². The van der Waals surface area contributed by atoms with Crippen molar-refractivity contribution in [3.63, 3.8) is 0 Å². The summed E-state index contributed by atoms with van der Waals surface area (Å²) < 4.78 is 9.90. The van der Waals surface area contributed by atoms with Crippen LogP contribution in [0.5, 0.6) is 0 Å². The number of ether oxygens (including phenoxy) is 1. The predicted octanol–water partition coefficient (Wildman–Crippen LogP) is 3.80. The van der Waals surface area contributed by atoms with Gasteiger partial charge in [0, 0.05) is 11.1 Å². The fraction of sp³-hybridized carbons (Fsp3) is 0.100. The Bertz CT molecular complexity index is 1080. The molecule has 8 nitrogen and oxygen atoms in total. The summed E-state index contributed by atoms with van der Waals surface area (Å²) in [7, 11) is 1.17. The number of hydrogen-bond acceptors (Lipinski definition) is 6. The molecule has 0 unspecified atom stereocenters. The predicted molar refractivity (Wildman–Crippen MR) is 111 cm³/mol. The van der Waals surface area contributed by atoms with Crippen LogP contribution in [0.2, 0.25) is 10.0 Å². The van der Waals surface area contributed by atoms with E-state index >= 15 is 0 Å². The van der Waals surface area contributed by atoms with E-state index in [9.17, 15) is 14.4 Å². The zero-order chi connectivity index (χ0) is 21.7. The van der Waals surface area contributed by atoms with Crippen LogP contribution in [-0.4, -0.2) is 36.6 Å². The molecule has 0 aliphatic rings. The molecular formula is C20H15Cl2N3O5. The molecular weight excluding hydrogens is 433 g/mol. The lowest BCUT2D eigenvalue weighted by atomic mass is 10.1. The molecule has 2 aromatic carbocycles. The number of amides is 2. The van der Waals surface area contributed by atoms with Crippen molar-refractivity contribution in [1.82, 2.24) is 10.5 Å². The van der Waals surface area contributed by atoms with Crippen LogP contribution in [0.15, 0.2) is 53.1 Å². The molecule has 3 rings (SSSR count). The molecule has 0 spiro atoms. The second-order valence-corrected chi connectivity index (χ2v) is 6.73. The third-order valence-electron chi connectivity index (χ3n) is 3.98. The number of benzene rings is 2. The lowest BCUT2D eigenvalue weighted by Gasteiger charge is -2.07. The van der Waals surface area contributed by atoms with Gasteiger partial charge in [0.1, 0.15) is 5.69 Å². The van der Waals surface area contributed by atoms with Crippen LogP contribution in [0.3, 0.4) is 0 Å².